The lowest BCUT2D eigenvalue weighted by Crippen LogP contribution is -2.30. The van der Waals surface area contributed by atoms with Crippen LogP contribution < -0.4 is 0 Å². The van der Waals surface area contributed by atoms with E-state index in [-0.39, 0.29) is 31.1 Å². The Morgan fingerprint density at radius 3 is 0.772 bits per heavy atom. The molecule has 0 aromatic rings. The third-order valence-corrected chi connectivity index (χ3v) is 14.3. The molecule has 0 spiro atoms. The van der Waals surface area contributed by atoms with Gasteiger partial charge in [0.05, 0.1) is 0 Å². The molecule has 0 amide bonds. The summed E-state index contributed by atoms with van der Waals surface area (Å²) in [5.74, 6) is -0.879. The van der Waals surface area contributed by atoms with Crippen molar-refractivity contribution in [3.8, 4) is 0 Å². The van der Waals surface area contributed by atoms with Crippen LogP contribution in [0.4, 0.5) is 0 Å². The number of rotatable bonds is 60. The first-order chi connectivity index (χ1) is 39.0. The fraction of sp³-hybridized carbons (Fsp3) is 0.712. The van der Waals surface area contributed by atoms with Crippen LogP contribution in [0.25, 0.3) is 0 Å². The summed E-state index contributed by atoms with van der Waals surface area (Å²) in [6, 6.07) is 0. The molecule has 0 aliphatic rings. The Bertz CT molecular complexity index is 1590. The zero-order valence-electron chi connectivity index (χ0n) is 51.9. The zero-order valence-corrected chi connectivity index (χ0v) is 51.9. The molecule has 0 heterocycles. The SMILES string of the molecule is CC/C=C\C/C=C\C/C=C\C/C=C\C/C=C\CCCCCCCCCCCCCC(=O)OCC(COC(=O)CCCCCCCCCCCCCCC)OC(=O)CCCCCCCCCC/C=C\C/C=C\C/C=C\C/C=C\CC. The van der Waals surface area contributed by atoms with Gasteiger partial charge in [0.1, 0.15) is 13.2 Å². The molecule has 0 aromatic carbocycles. The summed E-state index contributed by atoms with van der Waals surface area (Å²) in [4.78, 5) is 38.4. The van der Waals surface area contributed by atoms with Gasteiger partial charge in [0.15, 0.2) is 6.10 Å². The van der Waals surface area contributed by atoms with Crippen LogP contribution >= 0.6 is 0 Å². The third kappa shape index (κ3) is 64.8. The lowest BCUT2D eigenvalue weighted by atomic mass is 10.0. The van der Waals surface area contributed by atoms with E-state index >= 15 is 0 Å². The topological polar surface area (TPSA) is 78.9 Å². The first kappa shape index (κ1) is 75.1. The molecule has 0 aliphatic heterocycles. The van der Waals surface area contributed by atoms with Gasteiger partial charge in [-0.2, -0.15) is 0 Å². The summed E-state index contributed by atoms with van der Waals surface area (Å²) in [6.45, 7) is 6.43. The minimum Gasteiger partial charge on any atom is -0.462 e. The Morgan fingerprint density at radius 2 is 0.494 bits per heavy atom. The van der Waals surface area contributed by atoms with Crippen LogP contribution in [0.3, 0.4) is 0 Å². The number of ether oxygens (including phenoxy) is 3. The standard InChI is InChI=1S/C73H124O6/c1-4-7-10-13-16-19-22-25-27-29-31-33-34-35-36-37-38-40-41-43-45-48-51-54-57-60-63-66-72(75)78-69-70(68-77-71(74)65-62-59-56-53-50-47-24-21-18-15-12-9-6-3)79-73(76)67-64-61-58-55-52-49-46-44-42-39-32-30-28-26-23-20-17-14-11-8-5-2/h7-8,10-11,16-17,19-20,25-28,31-33,35-36,39,70H,4-6,9,12-15,18,21-24,29-30,34,37-38,40-69H2,1-3H3/b10-7-,11-8-,19-16-,20-17-,27-25-,28-26-,33-31-,36-35-,39-32-. The third-order valence-electron chi connectivity index (χ3n) is 14.3. The van der Waals surface area contributed by atoms with E-state index in [9.17, 15) is 14.4 Å². The molecule has 0 saturated carbocycles. The van der Waals surface area contributed by atoms with Crippen LogP contribution in [0.2, 0.25) is 0 Å². The predicted molar refractivity (Wildman–Crippen MR) is 343 cm³/mol. The Balaban J connectivity index is 4.32. The van der Waals surface area contributed by atoms with Crippen molar-refractivity contribution in [1.82, 2.24) is 0 Å². The van der Waals surface area contributed by atoms with Crippen LogP contribution in [0.1, 0.15) is 316 Å². The van der Waals surface area contributed by atoms with E-state index in [0.717, 1.165) is 122 Å². The van der Waals surface area contributed by atoms with Crippen LogP contribution in [-0.2, 0) is 28.6 Å². The van der Waals surface area contributed by atoms with Crippen LogP contribution in [0, 0.1) is 0 Å². The molecule has 0 fully saturated rings. The second-order valence-corrected chi connectivity index (χ2v) is 22.0. The maximum Gasteiger partial charge on any atom is 0.306 e. The molecule has 6 heteroatoms. The largest absolute Gasteiger partial charge is 0.462 e. The van der Waals surface area contributed by atoms with Gasteiger partial charge in [-0.25, -0.2) is 0 Å². The molecule has 6 nitrogen and oxygen atoms in total. The first-order valence-corrected chi connectivity index (χ1v) is 33.4. The Labute approximate surface area is 489 Å². The van der Waals surface area contributed by atoms with Gasteiger partial charge in [-0.1, -0.05) is 304 Å². The second-order valence-electron chi connectivity index (χ2n) is 22.0. The van der Waals surface area contributed by atoms with Crippen LogP contribution in [0.5, 0.6) is 0 Å². The number of hydrogen-bond acceptors (Lipinski definition) is 6. The molecule has 0 saturated heterocycles. The van der Waals surface area contributed by atoms with E-state index in [4.69, 9.17) is 14.2 Å². The van der Waals surface area contributed by atoms with E-state index in [0.29, 0.717) is 19.3 Å². The van der Waals surface area contributed by atoms with Gasteiger partial charge in [-0.05, 0) is 103 Å². The molecule has 1 unspecified atom stereocenters. The highest BCUT2D eigenvalue weighted by Gasteiger charge is 2.19. The monoisotopic (exact) mass is 1100 g/mol. The maximum atomic E-state index is 12.9. The first-order valence-electron chi connectivity index (χ1n) is 33.4. The van der Waals surface area contributed by atoms with E-state index in [1.54, 1.807) is 0 Å². The number of allylic oxidation sites excluding steroid dienone is 18. The molecular formula is C73H124O6. The van der Waals surface area contributed by atoms with Crippen molar-refractivity contribution in [2.45, 2.75) is 322 Å². The zero-order chi connectivity index (χ0) is 57.1. The highest BCUT2D eigenvalue weighted by atomic mass is 16.6. The molecule has 0 aromatic heterocycles. The van der Waals surface area contributed by atoms with E-state index in [1.165, 1.54) is 154 Å². The summed E-state index contributed by atoms with van der Waals surface area (Å²) in [6.07, 6.45) is 90.9. The number of esters is 3. The van der Waals surface area contributed by atoms with Crippen molar-refractivity contribution in [1.29, 1.82) is 0 Å². The van der Waals surface area contributed by atoms with Gasteiger partial charge >= 0.3 is 17.9 Å². The minimum absolute atomic E-state index is 0.0797. The maximum absolute atomic E-state index is 12.9. The van der Waals surface area contributed by atoms with Crippen molar-refractivity contribution in [3.05, 3.63) is 109 Å². The number of unbranched alkanes of at least 4 members (excludes halogenated alkanes) is 31. The average Bonchev–Trinajstić information content (AvgIpc) is 3.45. The quantitative estimate of drug-likeness (QED) is 0.0261. The molecule has 0 aliphatic carbocycles. The predicted octanol–water partition coefficient (Wildman–Crippen LogP) is 23.0. The fourth-order valence-electron chi connectivity index (χ4n) is 9.35. The van der Waals surface area contributed by atoms with Gasteiger partial charge in [0.2, 0.25) is 0 Å². The summed E-state index contributed by atoms with van der Waals surface area (Å²) >= 11 is 0. The fourth-order valence-corrected chi connectivity index (χ4v) is 9.35. The van der Waals surface area contributed by atoms with Gasteiger partial charge in [-0.15, -0.1) is 0 Å². The van der Waals surface area contributed by atoms with Gasteiger partial charge in [0.25, 0.3) is 0 Å². The summed E-state index contributed by atoms with van der Waals surface area (Å²) in [5, 5.41) is 0. The Morgan fingerprint density at radius 1 is 0.266 bits per heavy atom. The van der Waals surface area contributed by atoms with Crippen LogP contribution in [0.15, 0.2) is 109 Å². The molecule has 1 atom stereocenters. The minimum atomic E-state index is -0.785. The van der Waals surface area contributed by atoms with E-state index in [2.05, 4.69) is 130 Å². The lowest BCUT2D eigenvalue weighted by Gasteiger charge is -2.18. The number of carbonyl (C=O) groups excluding carboxylic acids is 3. The van der Waals surface area contributed by atoms with Crippen molar-refractivity contribution < 1.29 is 28.6 Å². The molecule has 0 rings (SSSR count). The highest BCUT2D eigenvalue weighted by molar-refractivity contribution is 5.71. The molecule has 79 heavy (non-hydrogen) atoms. The molecule has 452 valence electrons. The summed E-state index contributed by atoms with van der Waals surface area (Å²) in [5.41, 5.74) is 0. The summed E-state index contributed by atoms with van der Waals surface area (Å²) < 4.78 is 17.0. The molecule has 0 N–H and O–H groups in total. The molecule has 0 radical (unpaired) electrons. The number of hydrogen-bond donors (Lipinski definition) is 0. The van der Waals surface area contributed by atoms with Gasteiger partial charge < -0.3 is 14.2 Å². The van der Waals surface area contributed by atoms with E-state index < -0.39 is 6.10 Å². The van der Waals surface area contributed by atoms with Crippen molar-refractivity contribution in [2.75, 3.05) is 13.2 Å². The average molecular weight is 1100 g/mol. The Hall–Kier alpha value is -3.93. The van der Waals surface area contributed by atoms with Crippen molar-refractivity contribution in [3.63, 3.8) is 0 Å². The Kier molecular flexibility index (Phi) is 63.3. The van der Waals surface area contributed by atoms with Gasteiger partial charge in [0, 0.05) is 19.3 Å². The molecular weight excluding hydrogens is 973 g/mol. The molecule has 0 bridgehead atoms. The summed E-state index contributed by atoms with van der Waals surface area (Å²) in [7, 11) is 0. The van der Waals surface area contributed by atoms with Crippen LogP contribution in [-0.4, -0.2) is 37.2 Å². The smallest absolute Gasteiger partial charge is 0.306 e. The van der Waals surface area contributed by atoms with E-state index in [1.807, 2.05) is 0 Å². The second kappa shape index (κ2) is 66.6. The lowest BCUT2D eigenvalue weighted by molar-refractivity contribution is -0.167. The van der Waals surface area contributed by atoms with Gasteiger partial charge in [-0.3, -0.25) is 14.4 Å². The number of carbonyl (C=O) groups is 3. The van der Waals surface area contributed by atoms with Crippen molar-refractivity contribution in [2.24, 2.45) is 0 Å². The highest BCUT2D eigenvalue weighted by Crippen LogP contribution is 2.17. The normalized spacial score (nSPS) is 12.8. The van der Waals surface area contributed by atoms with Crippen molar-refractivity contribution >= 4 is 17.9 Å².